The number of ether oxygens (including phenoxy) is 1. The molecule has 7 nitrogen and oxygen atoms in total. The van der Waals surface area contributed by atoms with E-state index in [1.165, 1.54) is 19.2 Å². The zero-order valence-corrected chi connectivity index (χ0v) is 16.4. The minimum Gasteiger partial charge on any atom is -0.431 e. The van der Waals surface area contributed by atoms with Crippen molar-refractivity contribution in [3.63, 3.8) is 0 Å². The molecule has 156 valence electrons. The molecule has 1 heterocycles. The third-order valence-corrected chi connectivity index (χ3v) is 5.35. The normalized spacial score (nSPS) is 14.2. The molecule has 1 N–H and O–H groups in total. The Kier molecular flexibility index (Phi) is 6.08. The number of carbonyl (C=O) groups excluding carboxylic acids is 2. The van der Waals surface area contributed by atoms with Crippen molar-refractivity contribution in [1.82, 2.24) is 10.3 Å². The number of nitrogens with one attached hydrogen (secondary N) is 1. The van der Waals surface area contributed by atoms with Crippen LogP contribution in [0.5, 0.6) is 10.9 Å². The number of alkyl halides is 3. The fraction of sp³-hybridized carbons (Fsp3) is 0.389. The van der Waals surface area contributed by atoms with Crippen LogP contribution in [-0.4, -0.2) is 24.0 Å². The first kappa shape index (κ1) is 21.1. The first-order valence-corrected chi connectivity index (χ1v) is 9.51. The summed E-state index contributed by atoms with van der Waals surface area (Å²) in [6.07, 6.45) is -1.31. The van der Waals surface area contributed by atoms with Crippen molar-refractivity contribution < 1.29 is 32.3 Å². The van der Waals surface area contributed by atoms with Crippen molar-refractivity contribution >= 4 is 29.0 Å². The van der Waals surface area contributed by atoms with E-state index in [0.717, 1.165) is 24.3 Å². The van der Waals surface area contributed by atoms with Gasteiger partial charge in [0.1, 0.15) is 10.6 Å². The van der Waals surface area contributed by atoms with Gasteiger partial charge < -0.3 is 4.74 Å². The van der Waals surface area contributed by atoms with Crippen LogP contribution in [-0.2, 0) is 15.8 Å². The Bertz CT molecular complexity index is 912. The predicted octanol–water partition coefficient (Wildman–Crippen LogP) is 4.67. The van der Waals surface area contributed by atoms with Gasteiger partial charge in [-0.15, -0.1) is 0 Å². The lowest BCUT2D eigenvalue weighted by molar-refractivity contribution is -0.134. The second kappa shape index (κ2) is 8.37. The summed E-state index contributed by atoms with van der Waals surface area (Å²) in [6.45, 7) is 1.66. The number of thiazole rings is 1. The first-order chi connectivity index (χ1) is 13.7. The van der Waals surface area contributed by atoms with Crippen molar-refractivity contribution in [3.8, 4) is 10.9 Å². The highest BCUT2D eigenvalue weighted by Crippen LogP contribution is 2.38. The molecule has 29 heavy (non-hydrogen) atoms. The molecule has 1 fully saturated rings. The largest absolute Gasteiger partial charge is 0.431 e. The number of hydrogen-bond acceptors (Lipinski definition) is 6. The SMILES string of the molecule is CON(C(=O)NC(=O)C1CCC1)c1ccc(Oc2ncc(C(F)(F)F)s2)c(C)c1. The lowest BCUT2D eigenvalue weighted by Crippen LogP contribution is -2.46. The molecule has 1 aromatic heterocycles. The number of carbonyl (C=O) groups is 2. The molecular weight excluding hydrogens is 411 g/mol. The number of aromatic nitrogens is 1. The number of hydroxylamine groups is 1. The highest BCUT2D eigenvalue weighted by atomic mass is 32.1. The van der Waals surface area contributed by atoms with Crippen molar-refractivity contribution in [2.75, 3.05) is 12.2 Å². The monoisotopic (exact) mass is 429 g/mol. The summed E-state index contributed by atoms with van der Waals surface area (Å²) in [4.78, 5) is 32.1. The fourth-order valence-corrected chi connectivity index (χ4v) is 3.29. The highest BCUT2D eigenvalue weighted by Gasteiger charge is 2.34. The molecule has 1 saturated carbocycles. The molecule has 0 unspecified atom stereocenters. The van der Waals surface area contributed by atoms with Crippen molar-refractivity contribution in [3.05, 3.63) is 34.8 Å². The Hall–Kier alpha value is -2.66. The number of hydrogen-bond donors (Lipinski definition) is 1. The Labute approximate surface area is 168 Å². The van der Waals surface area contributed by atoms with Gasteiger partial charge in [-0.25, -0.2) is 9.78 Å². The van der Waals surface area contributed by atoms with Crippen LogP contribution in [0.3, 0.4) is 0 Å². The molecule has 0 saturated heterocycles. The molecule has 1 aliphatic rings. The number of aryl methyl sites for hydroxylation is 1. The Morgan fingerprint density at radius 1 is 1.31 bits per heavy atom. The fourth-order valence-electron chi connectivity index (χ4n) is 2.64. The molecule has 0 atom stereocenters. The van der Waals surface area contributed by atoms with Crippen molar-refractivity contribution in [2.24, 2.45) is 5.92 Å². The van der Waals surface area contributed by atoms with Crippen molar-refractivity contribution in [1.29, 1.82) is 0 Å². The van der Waals surface area contributed by atoms with Gasteiger partial charge in [-0.2, -0.15) is 18.2 Å². The Balaban J connectivity index is 1.70. The second-order valence-electron chi connectivity index (χ2n) is 6.44. The van der Waals surface area contributed by atoms with Gasteiger partial charge in [0, 0.05) is 5.92 Å². The lowest BCUT2D eigenvalue weighted by Gasteiger charge is -2.26. The smallest absolute Gasteiger partial charge is 0.427 e. The lowest BCUT2D eigenvalue weighted by atomic mass is 9.85. The summed E-state index contributed by atoms with van der Waals surface area (Å²) in [7, 11) is 1.28. The van der Waals surface area contributed by atoms with Gasteiger partial charge in [-0.1, -0.05) is 17.8 Å². The minimum absolute atomic E-state index is 0.152. The maximum Gasteiger partial charge on any atom is 0.427 e. The maximum absolute atomic E-state index is 12.7. The van der Waals surface area contributed by atoms with Crippen LogP contribution in [0.4, 0.5) is 23.7 Å². The summed E-state index contributed by atoms with van der Waals surface area (Å²) in [5, 5.41) is 3.06. The molecular formula is C18H18F3N3O4S. The minimum atomic E-state index is -4.48. The van der Waals surface area contributed by atoms with Crippen LogP contribution >= 0.6 is 11.3 Å². The van der Waals surface area contributed by atoms with Crippen LogP contribution in [0.15, 0.2) is 24.4 Å². The molecule has 11 heteroatoms. The predicted molar refractivity (Wildman–Crippen MR) is 98.7 cm³/mol. The standard InChI is InChI=1S/C18H18F3N3O4S/c1-10-8-12(24(27-2)16(26)23-15(25)11-4-3-5-11)6-7-13(10)28-17-22-9-14(29-17)18(19,20)21/h6-9,11H,3-5H2,1-2H3,(H,23,25,26). The van der Waals surface area contributed by atoms with Crippen LogP contribution in [0.25, 0.3) is 0 Å². The van der Waals surface area contributed by atoms with Crippen molar-refractivity contribution in [2.45, 2.75) is 32.4 Å². The van der Waals surface area contributed by atoms with Crippen LogP contribution in [0.2, 0.25) is 0 Å². The Morgan fingerprint density at radius 2 is 2.03 bits per heavy atom. The second-order valence-corrected chi connectivity index (χ2v) is 7.43. The number of amides is 3. The van der Waals surface area contributed by atoms with Gasteiger partial charge >= 0.3 is 12.2 Å². The summed E-state index contributed by atoms with van der Waals surface area (Å²) in [5.74, 6) is -0.224. The number of rotatable bonds is 5. The highest BCUT2D eigenvalue weighted by molar-refractivity contribution is 7.13. The Morgan fingerprint density at radius 3 is 2.55 bits per heavy atom. The summed E-state index contributed by atoms with van der Waals surface area (Å²) < 4.78 is 43.5. The van der Waals surface area contributed by atoms with Gasteiger partial charge in [0.15, 0.2) is 0 Å². The van der Waals surface area contributed by atoms with E-state index >= 15 is 0 Å². The van der Waals surface area contributed by atoms with Crippen LogP contribution < -0.4 is 15.1 Å². The van der Waals surface area contributed by atoms with Gasteiger partial charge in [0.25, 0.3) is 5.19 Å². The number of nitrogens with zero attached hydrogens (tertiary/aromatic N) is 2. The number of anilines is 1. The number of benzene rings is 1. The summed E-state index contributed by atoms with van der Waals surface area (Å²) in [6, 6.07) is 3.78. The van der Waals surface area contributed by atoms with E-state index in [1.54, 1.807) is 13.0 Å². The number of urea groups is 1. The zero-order chi connectivity index (χ0) is 21.2. The first-order valence-electron chi connectivity index (χ1n) is 8.69. The van der Waals surface area contributed by atoms with Gasteiger partial charge in [-0.3, -0.25) is 14.9 Å². The zero-order valence-electron chi connectivity index (χ0n) is 15.6. The van der Waals surface area contributed by atoms with E-state index < -0.39 is 17.1 Å². The molecule has 1 aliphatic carbocycles. The van der Waals surface area contributed by atoms with E-state index in [9.17, 15) is 22.8 Å². The van der Waals surface area contributed by atoms with E-state index in [2.05, 4.69) is 10.3 Å². The molecule has 3 amide bonds. The van der Waals surface area contributed by atoms with Crippen LogP contribution in [0, 0.1) is 12.8 Å². The van der Waals surface area contributed by atoms with E-state index in [1.807, 2.05) is 0 Å². The summed E-state index contributed by atoms with van der Waals surface area (Å²) >= 11 is 0.385. The molecule has 0 bridgehead atoms. The molecule has 0 radical (unpaired) electrons. The molecule has 0 aliphatic heterocycles. The topological polar surface area (TPSA) is 80.8 Å². The van der Waals surface area contributed by atoms with Gasteiger partial charge in [0.2, 0.25) is 5.91 Å². The molecule has 0 spiro atoms. The van der Waals surface area contributed by atoms with Crippen LogP contribution in [0.1, 0.15) is 29.7 Å². The van der Waals surface area contributed by atoms with E-state index in [0.29, 0.717) is 28.8 Å². The third kappa shape index (κ3) is 4.85. The number of halogens is 3. The number of imide groups is 1. The van der Waals surface area contributed by atoms with E-state index in [4.69, 9.17) is 9.57 Å². The molecule has 2 aromatic rings. The summed E-state index contributed by atoms with van der Waals surface area (Å²) in [5.41, 5.74) is 0.859. The molecule has 3 rings (SSSR count). The third-order valence-electron chi connectivity index (χ3n) is 4.43. The maximum atomic E-state index is 12.7. The average Bonchev–Trinajstić information content (AvgIpc) is 3.05. The molecule has 1 aromatic carbocycles. The van der Waals surface area contributed by atoms with Gasteiger partial charge in [0.05, 0.1) is 19.0 Å². The quantitative estimate of drug-likeness (QED) is 0.699. The van der Waals surface area contributed by atoms with Gasteiger partial charge in [-0.05, 0) is 43.5 Å². The van der Waals surface area contributed by atoms with E-state index in [-0.39, 0.29) is 22.8 Å². The average molecular weight is 429 g/mol.